The Bertz CT molecular complexity index is 1180. The number of ether oxygens (including phenoxy) is 2. The van der Waals surface area contributed by atoms with Gasteiger partial charge in [-0.1, -0.05) is 65.8 Å². The maximum Gasteiger partial charge on any atom is 0.303 e. The van der Waals surface area contributed by atoms with Crippen LogP contribution in [0.25, 0.3) is 11.1 Å². The zero-order valence-corrected chi connectivity index (χ0v) is 23.3. The fraction of sp³-hybridized carbons (Fsp3) is 0.406. The minimum Gasteiger partial charge on any atom is -0.497 e. The number of hydrogen-bond donors (Lipinski definition) is 1. The fourth-order valence-electron chi connectivity index (χ4n) is 4.18. The molecular formula is C32H41FO4. The van der Waals surface area contributed by atoms with E-state index in [4.69, 9.17) is 14.6 Å². The molecule has 1 aliphatic carbocycles. The number of rotatable bonds is 6. The van der Waals surface area contributed by atoms with Gasteiger partial charge in [0.1, 0.15) is 23.9 Å². The molecular weight excluding hydrogens is 467 g/mol. The van der Waals surface area contributed by atoms with Crippen molar-refractivity contribution in [2.45, 2.75) is 79.2 Å². The number of carboxylic acid groups (broad SMARTS) is 1. The van der Waals surface area contributed by atoms with Gasteiger partial charge in [0.05, 0.1) is 7.11 Å². The Hall–Kier alpha value is -3.34. The maximum absolute atomic E-state index is 14.7. The Labute approximate surface area is 221 Å². The van der Waals surface area contributed by atoms with E-state index in [0.717, 1.165) is 28.9 Å². The fourth-order valence-corrected chi connectivity index (χ4v) is 4.18. The number of aryl methyl sites for hydroxylation is 2. The van der Waals surface area contributed by atoms with Crippen LogP contribution in [0.5, 0.6) is 11.5 Å². The molecule has 1 aliphatic rings. The smallest absolute Gasteiger partial charge is 0.303 e. The molecule has 5 heteroatoms. The third-order valence-electron chi connectivity index (χ3n) is 6.13. The van der Waals surface area contributed by atoms with E-state index in [9.17, 15) is 9.18 Å². The van der Waals surface area contributed by atoms with Crippen molar-refractivity contribution in [1.29, 1.82) is 0 Å². The molecule has 0 aromatic heterocycles. The Morgan fingerprint density at radius 1 is 0.919 bits per heavy atom. The highest BCUT2D eigenvalue weighted by Gasteiger charge is 2.21. The molecule has 0 heterocycles. The zero-order chi connectivity index (χ0) is 27.6. The van der Waals surface area contributed by atoms with Crippen molar-refractivity contribution in [2.75, 3.05) is 7.11 Å². The van der Waals surface area contributed by atoms with E-state index in [1.807, 2.05) is 26.0 Å². The number of benzene rings is 3. The minimum absolute atomic E-state index is 0.144. The van der Waals surface area contributed by atoms with E-state index in [-0.39, 0.29) is 17.7 Å². The summed E-state index contributed by atoms with van der Waals surface area (Å²) in [7, 11) is 1.60. The van der Waals surface area contributed by atoms with Gasteiger partial charge >= 0.3 is 5.97 Å². The van der Waals surface area contributed by atoms with Crippen molar-refractivity contribution in [3.8, 4) is 22.6 Å². The van der Waals surface area contributed by atoms with Crippen LogP contribution >= 0.6 is 0 Å². The van der Waals surface area contributed by atoms with Gasteiger partial charge in [-0.3, -0.25) is 4.79 Å². The van der Waals surface area contributed by atoms with Gasteiger partial charge in [-0.2, -0.15) is 0 Å². The van der Waals surface area contributed by atoms with Crippen LogP contribution in [0.2, 0.25) is 0 Å². The summed E-state index contributed by atoms with van der Waals surface area (Å²) in [6.07, 6.45) is 3.77. The highest BCUT2D eigenvalue weighted by atomic mass is 19.1. The molecule has 3 aromatic carbocycles. The van der Waals surface area contributed by atoms with Crippen molar-refractivity contribution in [3.05, 3.63) is 82.7 Å². The quantitative estimate of drug-likeness (QED) is 0.363. The number of fused-ring (bicyclic) bond motifs is 1. The summed E-state index contributed by atoms with van der Waals surface area (Å²) < 4.78 is 26.1. The Balaban J connectivity index is 0.000000617. The van der Waals surface area contributed by atoms with Gasteiger partial charge in [0.15, 0.2) is 0 Å². The van der Waals surface area contributed by atoms with Crippen molar-refractivity contribution < 1.29 is 23.8 Å². The normalized spacial score (nSPS) is 11.9. The van der Waals surface area contributed by atoms with Gasteiger partial charge in [0.2, 0.25) is 0 Å². The second kappa shape index (κ2) is 13.8. The first-order valence-electron chi connectivity index (χ1n) is 13.1. The molecule has 4 rings (SSSR count). The van der Waals surface area contributed by atoms with E-state index in [1.165, 1.54) is 30.0 Å². The standard InChI is InChI=1S/C27H29FO2.C3H6O2.C2H6/c1-27(2,3)25-14-18(17-30-22-10-9-19-6-5-7-20(19)15-22)8-12-23(25)24-16-21(29-4)11-13-26(24)28;1-2-3(4)5;1-2/h8-16H,5-7,17H2,1-4H3;2H2,1H3,(H,4,5);1-2H3. The van der Waals surface area contributed by atoms with Crippen molar-refractivity contribution in [1.82, 2.24) is 0 Å². The van der Waals surface area contributed by atoms with Crippen LogP contribution in [-0.4, -0.2) is 18.2 Å². The molecule has 0 spiro atoms. The molecule has 3 aromatic rings. The monoisotopic (exact) mass is 508 g/mol. The van der Waals surface area contributed by atoms with E-state index < -0.39 is 5.97 Å². The van der Waals surface area contributed by atoms with Gasteiger partial charge in [-0.25, -0.2) is 4.39 Å². The maximum atomic E-state index is 14.7. The highest BCUT2D eigenvalue weighted by molar-refractivity contribution is 5.71. The molecule has 0 radical (unpaired) electrons. The number of carbonyl (C=O) groups is 1. The Kier molecular flexibility index (Phi) is 11.2. The molecule has 0 saturated heterocycles. The largest absolute Gasteiger partial charge is 0.497 e. The number of halogens is 1. The Morgan fingerprint density at radius 3 is 2.19 bits per heavy atom. The number of methoxy groups -OCH3 is 1. The molecule has 1 N–H and O–H groups in total. The lowest BCUT2D eigenvalue weighted by Gasteiger charge is -2.24. The van der Waals surface area contributed by atoms with Gasteiger partial charge in [0, 0.05) is 12.0 Å². The highest BCUT2D eigenvalue weighted by Crippen LogP contribution is 2.37. The van der Waals surface area contributed by atoms with Crippen LogP contribution in [0.1, 0.15) is 76.6 Å². The minimum atomic E-state index is -0.745. The first-order chi connectivity index (χ1) is 17.6. The van der Waals surface area contributed by atoms with Crippen LogP contribution in [0.3, 0.4) is 0 Å². The number of hydrogen-bond acceptors (Lipinski definition) is 3. The van der Waals surface area contributed by atoms with Gasteiger partial charge < -0.3 is 14.6 Å². The first kappa shape index (κ1) is 29.9. The summed E-state index contributed by atoms with van der Waals surface area (Å²) in [4.78, 5) is 9.37. The van der Waals surface area contributed by atoms with Crippen molar-refractivity contribution in [2.24, 2.45) is 0 Å². The Morgan fingerprint density at radius 2 is 1.57 bits per heavy atom. The molecule has 37 heavy (non-hydrogen) atoms. The summed E-state index contributed by atoms with van der Waals surface area (Å²) in [6, 6.07) is 17.5. The van der Waals surface area contributed by atoms with Crippen LogP contribution in [0.15, 0.2) is 54.6 Å². The molecule has 0 aliphatic heterocycles. The van der Waals surface area contributed by atoms with Gasteiger partial charge in [-0.15, -0.1) is 0 Å². The van der Waals surface area contributed by atoms with Crippen molar-refractivity contribution in [3.63, 3.8) is 0 Å². The average molecular weight is 509 g/mol. The predicted octanol–water partition coefficient (Wildman–Crippen LogP) is 8.37. The molecule has 0 amide bonds. The molecule has 0 saturated carbocycles. The van der Waals surface area contributed by atoms with Crippen LogP contribution < -0.4 is 9.47 Å². The lowest BCUT2D eigenvalue weighted by atomic mass is 9.81. The number of aliphatic carboxylic acids is 1. The topological polar surface area (TPSA) is 55.8 Å². The SMILES string of the molecule is CC.CCC(=O)O.COc1ccc(F)c(-c2ccc(COc3ccc4c(c3)CCC4)cc2C(C)(C)C)c1. The van der Waals surface area contributed by atoms with Gasteiger partial charge in [0.25, 0.3) is 0 Å². The summed E-state index contributed by atoms with van der Waals surface area (Å²) in [5.41, 5.74) is 6.32. The summed E-state index contributed by atoms with van der Waals surface area (Å²) in [5, 5.41) is 7.72. The van der Waals surface area contributed by atoms with E-state index >= 15 is 0 Å². The van der Waals surface area contributed by atoms with Crippen molar-refractivity contribution >= 4 is 5.97 Å². The molecule has 0 unspecified atom stereocenters. The summed E-state index contributed by atoms with van der Waals surface area (Å²) >= 11 is 0. The molecule has 200 valence electrons. The summed E-state index contributed by atoms with van der Waals surface area (Å²) in [6.45, 7) is 12.5. The second-order valence-electron chi connectivity index (χ2n) is 9.80. The predicted molar refractivity (Wildman–Crippen MR) is 149 cm³/mol. The second-order valence-corrected chi connectivity index (χ2v) is 9.80. The van der Waals surface area contributed by atoms with E-state index in [2.05, 4.69) is 45.0 Å². The van der Waals surface area contributed by atoms with Crippen LogP contribution in [0, 0.1) is 5.82 Å². The third kappa shape index (κ3) is 8.34. The van der Waals surface area contributed by atoms with Crippen LogP contribution in [-0.2, 0) is 29.7 Å². The number of carboxylic acids is 1. The summed E-state index contributed by atoms with van der Waals surface area (Å²) in [5.74, 6) is 0.569. The average Bonchev–Trinajstić information content (AvgIpc) is 3.37. The zero-order valence-electron chi connectivity index (χ0n) is 23.3. The third-order valence-corrected chi connectivity index (χ3v) is 6.13. The molecule has 0 bridgehead atoms. The first-order valence-corrected chi connectivity index (χ1v) is 13.1. The lowest BCUT2D eigenvalue weighted by Crippen LogP contribution is -2.14. The van der Waals surface area contributed by atoms with E-state index in [1.54, 1.807) is 26.2 Å². The molecule has 0 fully saturated rings. The van der Waals surface area contributed by atoms with Gasteiger partial charge in [-0.05, 0) is 82.8 Å². The molecule has 0 atom stereocenters. The lowest BCUT2D eigenvalue weighted by molar-refractivity contribution is -0.136. The molecule has 4 nitrogen and oxygen atoms in total. The van der Waals surface area contributed by atoms with E-state index in [0.29, 0.717) is 17.9 Å². The van der Waals surface area contributed by atoms with Crippen LogP contribution in [0.4, 0.5) is 4.39 Å².